The summed E-state index contributed by atoms with van der Waals surface area (Å²) in [6, 6.07) is 0. The Kier molecular flexibility index (Phi) is 6.87. The van der Waals surface area contributed by atoms with E-state index in [-0.39, 0.29) is 0 Å². The fraction of sp³-hybridized carbons (Fsp3) is 1.00. The minimum atomic E-state index is -1.54. The van der Waals surface area contributed by atoms with E-state index in [2.05, 4.69) is 6.92 Å². The van der Waals surface area contributed by atoms with Crippen molar-refractivity contribution in [3.8, 4) is 0 Å². The van der Waals surface area contributed by atoms with Gasteiger partial charge in [0.25, 0.3) is 0 Å². The summed E-state index contributed by atoms with van der Waals surface area (Å²) >= 11 is 0. The first-order chi connectivity index (χ1) is 10.2. The van der Waals surface area contributed by atoms with Gasteiger partial charge >= 0.3 is 0 Å². The maximum atomic E-state index is 14.1. The molecule has 2 nitrogen and oxygen atoms in total. The molecule has 0 radical (unpaired) electrons. The number of hydrogen-bond donors (Lipinski definition) is 0. The highest BCUT2D eigenvalue weighted by molar-refractivity contribution is 4.90. The Hall–Kier alpha value is -0.220. The molecule has 0 spiro atoms. The van der Waals surface area contributed by atoms with Crippen LogP contribution >= 0.6 is 0 Å². The van der Waals surface area contributed by atoms with Gasteiger partial charge in [0.2, 0.25) is 0 Å². The van der Waals surface area contributed by atoms with Crippen LogP contribution in [0.15, 0.2) is 0 Å². The minimum Gasteiger partial charge on any atom is -0.375 e. The molecule has 2 rings (SSSR count). The molecule has 21 heavy (non-hydrogen) atoms. The van der Waals surface area contributed by atoms with Gasteiger partial charge in [-0.15, -0.1) is 0 Å². The normalized spacial score (nSPS) is 41.1. The van der Waals surface area contributed by atoms with Gasteiger partial charge < -0.3 is 9.47 Å². The van der Waals surface area contributed by atoms with Crippen molar-refractivity contribution in [2.45, 2.75) is 83.3 Å². The van der Waals surface area contributed by atoms with E-state index in [1.165, 1.54) is 32.1 Å². The van der Waals surface area contributed by atoms with Gasteiger partial charge in [-0.05, 0) is 44.4 Å². The van der Waals surface area contributed by atoms with Crippen LogP contribution in [0.4, 0.5) is 8.78 Å². The molecule has 4 unspecified atom stereocenters. The summed E-state index contributed by atoms with van der Waals surface area (Å²) in [4.78, 5) is 0. The van der Waals surface area contributed by atoms with Gasteiger partial charge in [-0.2, -0.15) is 0 Å². The van der Waals surface area contributed by atoms with Crippen LogP contribution in [0.25, 0.3) is 0 Å². The number of hydrogen-bond acceptors (Lipinski definition) is 2. The molecule has 124 valence electrons. The molecule has 0 N–H and O–H groups in total. The van der Waals surface area contributed by atoms with Crippen molar-refractivity contribution < 1.29 is 18.3 Å². The lowest BCUT2D eigenvalue weighted by molar-refractivity contribution is -0.122. The van der Waals surface area contributed by atoms with Crippen LogP contribution < -0.4 is 0 Å². The Morgan fingerprint density at radius 3 is 1.81 bits per heavy atom. The fourth-order valence-electron chi connectivity index (χ4n) is 3.69. The number of alkyl halides is 2. The third-order valence-corrected chi connectivity index (χ3v) is 5.22. The van der Waals surface area contributed by atoms with E-state index in [0.29, 0.717) is 32.0 Å². The molecule has 0 saturated heterocycles. The molecule has 0 aromatic rings. The SMILES string of the molecule is CCOC1CCC(OCC2CCC(CC)CC2)C(F)C1F. The highest BCUT2D eigenvalue weighted by Crippen LogP contribution is 2.33. The smallest absolute Gasteiger partial charge is 0.160 e. The van der Waals surface area contributed by atoms with Gasteiger partial charge in [0.05, 0.1) is 12.2 Å². The summed E-state index contributed by atoms with van der Waals surface area (Å²) in [5.74, 6) is 1.38. The van der Waals surface area contributed by atoms with Crippen LogP contribution in [0.2, 0.25) is 0 Å². The predicted octanol–water partition coefficient (Wildman–Crippen LogP) is 4.46. The monoisotopic (exact) mass is 304 g/mol. The molecule has 0 aromatic heterocycles. The molecule has 0 amide bonds. The van der Waals surface area contributed by atoms with Crippen LogP contribution in [0.5, 0.6) is 0 Å². The lowest BCUT2D eigenvalue weighted by atomic mass is 9.81. The average molecular weight is 304 g/mol. The molecule has 0 aliphatic heterocycles. The second-order valence-corrected chi connectivity index (χ2v) is 6.63. The fourth-order valence-corrected chi connectivity index (χ4v) is 3.69. The number of halogens is 2. The standard InChI is InChI=1S/C17H30F2O2/c1-3-12-5-7-13(8-6-12)11-21-15-10-9-14(20-4-2)16(18)17(15)19/h12-17H,3-11H2,1-2H3. The largest absolute Gasteiger partial charge is 0.375 e. The summed E-state index contributed by atoms with van der Waals surface area (Å²) in [5, 5.41) is 0. The quantitative estimate of drug-likeness (QED) is 0.721. The average Bonchev–Trinajstić information content (AvgIpc) is 2.52. The van der Waals surface area contributed by atoms with E-state index in [9.17, 15) is 8.78 Å². The summed E-state index contributed by atoms with van der Waals surface area (Å²) in [6.07, 6.45) is 2.97. The van der Waals surface area contributed by atoms with Crippen molar-refractivity contribution in [2.75, 3.05) is 13.2 Å². The van der Waals surface area contributed by atoms with E-state index in [4.69, 9.17) is 9.47 Å². The highest BCUT2D eigenvalue weighted by Gasteiger charge is 2.41. The lowest BCUT2D eigenvalue weighted by Crippen LogP contribution is -2.47. The molecule has 2 fully saturated rings. The van der Waals surface area contributed by atoms with Crippen molar-refractivity contribution in [1.82, 2.24) is 0 Å². The second kappa shape index (κ2) is 8.42. The third kappa shape index (κ3) is 4.62. The van der Waals surface area contributed by atoms with Crippen LogP contribution in [0, 0.1) is 11.8 Å². The maximum Gasteiger partial charge on any atom is 0.160 e. The van der Waals surface area contributed by atoms with E-state index in [0.717, 1.165) is 5.92 Å². The molecule has 4 heteroatoms. The molecule has 2 aliphatic carbocycles. The van der Waals surface area contributed by atoms with Crippen molar-refractivity contribution in [3.63, 3.8) is 0 Å². The van der Waals surface area contributed by atoms with Crippen LogP contribution in [-0.2, 0) is 9.47 Å². The zero-order valence-corrected chi connectivity index (χ0v) is 13.4. The Balaban J connectivity index is 1.71. The van der Waals surface area contributed by atoms with Crippen LogP contribution in [0.1, 0.15) is 58.8 Å². The Morgan fingerprint density at radius 2 is 1.29 bits per heavy atom. The molecular weight excluding hydrogens is 274 g/mol. The van der Waals surface area contributed by atoms with Crippen molar-refractivity contribution in [3.05, 3.63) is 0 Å². The lowest BCUT2D eigenvalue weighted by Gasteiger charge is -2.36. The first-order valence-electron chi connectivity index (χ1n) is 8.67. The number of rotatable bonds is 6. The molecular formula is C17H30F2O2. The summed E-state index contributed by atoms with van der Waals surface area (Å²) < 4.78 is 39.1. The summed E-state index contributed by atoms with van der Waals surface area (Å²) in [7, 11) is 0. The van der Waals surface area contributed by atoms with Gasteiger partial charge in [0.1, 0.15) is 0 Å². The Labute approximate surface area is 127 Å². The number of ether oxygens (including phenoxy) is 2. The van der Waals surface area contributed by atoms with Crippen molar-refractivity contribution in [1.29, 1.82) is 0 Å². The van der Waals surface area contributed by atoms with E-state index >= 15 is 0 Å². The predicted molar refractivity (Wildman–Crippen MR) is 79.9 cm³/mol. The van der Waals surface area contributed by atoms with Crippen LogP contribution in [0.3, 0.4) is 0 Å². The van der Waals surface area contributed by atoms with Gasteiger partial charge in [0.15, 0.2) is 12.3 Å². The maximum absolute atomic E-state index is 14.1. The molecule has 0 bridgehead atoms. The Morgan fingerprint density at radius 1 is 0.762 bits per heavy atom. The minimum absolute atomic E-state index is 0.435. The Bertz CT molecular complexity index is 293. The van der Waals surface area contributed by atoms with Crippen molar-refractivity contribution >= 4 is 0 Å². The first-order valence-corrected chi connectivity index (χ1v) is 8.67. The molecule has 0 heterocycles. The zero-order chi connectivity index (χ0) is 15.2. The first kappa shape index (κ1) is 17.1. The van der Waals surface area contributed by atoms with E-state index in [1.807, 2.05) is 6.92 Å². The van der Waals surface area contributed by atoms with Gasteiger partial charge in [-0.3, -0.25) is 0 Å². The molecule has 2 saturated carbocycles. The molecule has 0 aromatic carbocycles. The van der Waals surface area contributed by atoms with Gasteiger partial charge in [-0.25, -0.2) is 8.78 Å². The summed E-state index contributed by atoms with van der Waals surface area (Å²) in [5.41, 5.74) is 0. The molecule has 4 atom stereocenters. The van der Waals surface area contributed by atoms with Gasteiger partial charge in [-0.1, -0.05) is 26.2 Å². The molecule has 2 aliphatic rings. The van der Waals surface area contributed by atoms with Crippen molar-refractivity contribution in [2.24, 2.45) is 11.8 Å². The highest BCUT2D eigenvalue weighted by atomic mass is 19.2. The topological polar surface area (TPSA) is 18.5 Å². The van der Waals surface area contributed by atoms with Gasteiger partial charge in [0, 0.05) is 13.2 Å². The second-order valence-electron chi connectivity index (χ2n) is 6.63. The van der Waals surface area contributed by atoms with E-state index in [1.54, 1.807) is 0 Å². The van der Waals surface area contributed by atoms with E-state index < -0.39 is 24.6 Å². The third-order valence-electron chi connectivity index (χ3n) is 5.22. The van der Waals surface area contributed by atoms with Crippen LogP contribution in [-0.4, -0.2) is 37.8 Å². The zero-order valence-electron chi connectivity index (χ0n) is 13.4. The summed E-state index contributed by atoms with van der Waals surface area (Å²) in [6.45, 7) is 5.08.